The van der Waals surface area contributed by atoms with Crippen molar-refractivity contribution >= 4 is 6.09 Å². The molecule has 0 saturated carbocycles. The molecule has 0 fully saturated rings. The summed E-state index contributed by atoms with van der Waals surface area (Å²) in [6.45, 7) is 2.30. The first-order chi connectivity index (χ1) is 17.1. The Hall–Kier alpha value is -3.15. The van der Waals surface area contributed by atoms with Crippen LogP contribution >= 0.6 is 0 Å². The van der Waals surface area contributed by atoms with Gasteiger partial charge in [-0.1, -0.05) is 99.0 Å². The van der Waals surface area contributed by atoms with Crippen LogP contribution in [0.3, 0.4) is 0 Å². The molecule has 5 heteroatoms. The van der Waals surface area contributed by atoms with E-state index in [0.717, 1.165) is 24.0 Å². The first-order valence-corrected chi connectivity index (χ1v) is 12.6. The minimum Gasteiger partial charge on any atom is -0.449 e. The molecule has 0 radical (unpaired) electrons. The van der Waals surface area contributed by atoms with Gasteiger partial charge in [-0.3, -0.25) is 0 Å². The summed E-state index contributed by atoms with van der Waals surface area (Å²) in [5.74, 6) is -0.0239. The van der Waals surface area contributed by atoms with Gasteiger partial charge in [-0.2, -0.15) is 0 Å². The normalized spacial score (nSPS) is 14.1. The van der Waals surface area contributed by atoms with Crippen LogP contribution in [0.2, 0.25) is 0 Å². The fourth-order valence-electron chi connectivity index (χ4n) is 4.81. The molecule has 2 unspecified atom stereocenters. The van der Waals surface area contributed by atoms with E-state index < -0.39 is 18.3 Å². The number of hydrogen-bond donors (Lipinski definition) is 3. The van der Waals surface area contributed by atoms with E-state index in [4.69, 9.17) is 4.74 Å². The Morgan fingerprint density at radius 3 is 2.14 bits per heavy atom. The Kier molecular flexibility index (Phi) is 8.56. The summed E-state index contributed by atoms with van der Waals surface area (Å²) >= 11 is 0. The second kappa shape index (κ2) is 12.0. The number of ether oxygens (including phenoxy) is 1. The van der Waals surface area contributed by atoms with Gasteiger partial charge in [0.1, 0.15) is 18.8 Å². The van der Waals surface area contributed by atoms with Gasteiger partial charge in [0.15, 0.2) is 0 Å². The smallest absolute Gasteiger partial charge is 0.407 e. The van der Waals surface area contributed by atoms with Crippen LogP contribution in [0.4, 0.5) is 4.79 Å². The van der Waals surface area contributed by atoms with Gasteiger partial charge in [0.25, 0.3) is 0 Å². The Balaban J connectivity index is 1.25. The summed E-state index contributed by atoms with van der Waals surface area (Å²) < 4.78 is 5.50. The molecule has 0 heterocycles. The molecule has 3 N–H and O–H groups in total. The summed E-state index contributed by atoms with van der Waals surface area (Å²) in [7, 11) is 0. The molecule has 3 aromatic rings. The summed E-state index contributed by atoms with van der Waals surface area (Å²) in [6.07, 6.45) is 3.03. The van der Waals surface area contributed by atoms with E-state index >= 15 is 0 Å². The third-order valence-electron chi connectivity index (χ3n) is 6.80. The van der Waals surface area contributed by atoms with Gasteiger partial charge in [-0.05, 0) is 46.2 Å². The van der Waals surface area contributed by atoms with E-state index in [1.54, 1.807) is 0 Å². The van der Waals surface area contributed by atoms with Crippen LogP contribution in [0.25, 0.3) is 11.1 Å². The van der Waals surface area contributed by atoms with E-state index in [1.165, 1.54) is 36.0 Å². The Morgan fingerprint density at radius 2 is 1.51 bits per heavy atom. The lowest BCUT2D eigenvalue weighted by molar-refractivity contribution is 0.0185. The Labute approximate surface area is 207 Å². The second-order valence-electron chi connectivity index (χ2n) is 9.27. The maximum atomic E-state index is 12.4. The van der Waals surface area contributed by atoms with Gasteiger partial charge in [0.2, 0.25) is 0 Å². The van der Waals surface area contributed by atoms with E-state index in [0.29, 0.717) is 5.56 Å². The fourth-order valence-corrected chi connectivity index (χ4v) is 4.81. The zero-order chi connectivity index (χ0) is 24.6. The van der Waals surface area contributed by atoms with E-state index in [-0.39, 0.29) is 19.1 Å². The number of amides is 1. The van der Waals surface area contributed by atoms with Crippen molar-refractivity contribution in [2.75, 3.05) is 13.2 Å². The SMILES string of the molecule is CCCCCCc1ccc(C(O)C(O)CNC(=O)OCC2c3ccccc3-c3ccccc32)cc1. The van der Waals surface area contributed by atoms with Crippen LogP contribution < -0.4 is 5.32 Å². The molecule has 0 aromatic heterocycles. The first-order valence-electron chi connectivity index (χ1n) is 12.6. The standard InChI is InChI=1S/C30H35NO4/c1-2-3-4-5-10-21-15-17-22(18-16-21)29(33)28(32)19-31-30(34)35-20-27-25-13-8-6-11-23(25)24-12-7-9-14-26(24)27/h6-9,11-18,27-29,32-33H,2-5,10,19-20H2,1H3,(H,31,34). The molecule has 2 atom stereocenters. The lowest BCUT2D eigenvalue weighted by atomic mass is 9.98. The van der Waals surface area contributed by atoms with E-state index in [1.807, 2.05) is 48.5 Å². The molecule has 0 bridgehead atoms. The predicted molar refractivity (Wildman–Crippen MR) is 138 cm³/mol. The number of fused-ring (bicyclic) bond motifs is 3. The van der Waals surface area contributed by atoms with Crippen LogP contribution in [-0.4, -0.2) is 35.6 Å². The van der Waals surface area contributed by atoms with Crippen LogP contribution in [0, 0.1) is 0 Å². The van der Waals surface area contributed by atoms with Crippen LogP contribution in [0.1, 0.15) is 66.9 Å². The molecule has 1 aliphatic rings. The molecular formula is C30H35NO4. The lowest BCUT2D eigenvalue weighted by Crippen LogP contribution is -2.36. The highest BCUT2D eigenvalue weighted by molar-refractivity contribution is 5.79. The zero-order valence-electron chi connectivity index (χ0n) is 20.3. The maximum Gasteiger partial charge on any atom is 0.407 e. The number of hydrogen-bond acceptors (Lipinski definition) is 4. The highest BCUT2D eigenvalue weighted by Gasteiger charge is 2.29. The van der Waals surface area contributed by atoms with Crippen molar-refractivity contribution in [2.45, 2.75) is 57.2 Å². The lowest BCUT2D eigenvalue weighted by Gasteiger charge is -2.19. The van der Waals surface area contributed by atoms with Crippen LogP contribution in [0.5, 0.6) is 0 Å². The third kappa shape index (κ3) is 6.11. The zero-order valence-corrected chi connectivity index (χ0v) is 20.3. The molecule has 0 aliphatic heterocycles. The van der Waals surface area contributed by atoms with Crippen molar-refractivity contribution < 1.29 is 19.7 Å². The number of aliphatic hydroxyl groups excluding tert-OH is 2. The highest BCUT2D eigenvalue weighted by atomic mass is 16.5. The number of nitrogens with one attached hydrogen (secondary N) is 1. The van der Waals surface area contributed by atoms with Crippen molar-refractivity contribution in [3.8, 4) is 11.1 Å². The number of alkyl carbamates (subject to hydrolysis) is 1. The second-order valence-corrected chi connectivity index (χ2v) is 9.27. The molecule has 1 aliphatic carbocycles. The quantitative estimate of drug-likeness (QED) is 0.310. The number of carbonyl (C=O) groups excluding carboxylic acids is 1. The van der Waals surface area contributed by atoms with Crippen molar-refractivity contribution in [1.29, 1.82) is 0 Å². The van der Waals surface area contributed by atoms with Crippen LogP contribution in [0.15, 0.2) is 72.8 Å². The van der Waals surface area contributed by atoms with E-state index in [2.05, 4.69) is 36.5 Å². The summed E-state index contributed by atoms with van der Waals surface area (Å²) in [4.78, 5) is 12.4. The first kappa shape index (κ1) is 25.0. The Bertz CT molecular complexity index is 1070. The van der Waals surface area contributed by atoms with Crippen molar-refractivity contribution in [1.82, 2.24) is 5.32 Å². The summed E-state index contributed by atoms with van der Waals surface area (Å²) in [6, 6.07) is 24.0. The topological polar surface area (TPSA) is 78.8 Å². The van der Waals surface area contributed by atoms with Gasteiger partial charge in [0, 0.05) is 12.5 Å². The van der Waals surface area contributed by atoms with Crippen molar-refractivity contribution in [3.63, 3.8) is 0 Å². The Morgan fingerprint density at radius 1 is 0.886 bits per heavy atom. The van der Waals surface area contributed by atoms with Gasteiger partial charge >= 0.3 is 6.09 Å². The molecular weight excluding hydrogens is 438 g/mol. The number of unbranched alkanes of at least 4 members (excludes halogenated alkanes) is 3. The fraction of sp³-hybridized carbons (Fsp3) is 0.367. The number of aryl methyl sites for hydroxylation is 1. The number of benzene rings is 3. The number of rotatable bonds is 11. The van der Waals surface area contributed by atoms with Crippen LogP contribution in [-0.2, 0) is 11.2 Å². The summed E-state index contributed by atoms with van der Waals surface area (Å²) in [5.41, 5.74) is 6.48. The molecule has 3 aromatic carbocycles. The summed E-state index contributed by atoms with van der Waals surface area (Å²) in [5, 5.41) is 23.5. The molecule has 4 rings (SSSR count). The van der Waals surface area contributed by atoms with Gasteiger partial charge in [-0.15, -0.1) is 0 Å². The average molecular weight is 474 g/mol. The number of aliphatic hydroxyl groups is 2. The minimum absolute atomic E-state index is 0.0239. The van der Waals surface area contributed by atoms with Crippen molar-refractivity contribution in [3.05, 3.63) is 95.1 Å². The maximum absolute atomic E-state index is 12.4. The molecule has 35 heavy (non-hydrogen) atoms. The average Bonchev–Trinajstić information content (AvgIpc) is 3.22. The van der Waals surface area contributed by atoms with Gasteiger partial charge < -0.3 is 20.3 Å². The van der Waals surface area contributed by atoms with Gasteiger partial charge in [0.05, 0.1) is 0 Å². The molecule has 1 amide bonds. The van der Waals surface area contributed by atoms with Crippen molar-refractivity contribution in [2.24, 2.45) is 0 Å². The minimum atomic E-state index is -1.13. The highest BCUT2D eigenvalue weighted by Crippen LogP contribution is 2.44. The molecule has 184 valence electrons. The molecule has 5 nitrogen and oxygen atoms in total. The molecule has 0 spiro atoms. The van der Waals surface area contributed by atoms with Gasteiger partial charge in [-0.25, -0.2) is 4.79 Å². The van der Waals surface area contributed by atoms with E-state index in [9.17, 15) is 15.0 Å². The predicted octanol–water partition coefficient (Wildman–Crippen LogP) is 5.74. The third-order valence-corrected chi connectivity index (χ3v) is 6.80. The largest absolute Gasteiger partial charge is 0.449 e. The molecule has 0 saturated heterocycles. The monoisotopic (exact) mass is 473 g/mol. The number of carbonyl (C=O) groups is 1.